The first-order valence-corrected chi connectivity index (χ1v) is 5.60. The first-order chi connectivity index (χ1) is 7.66. The molecule has 0 spiro atoms. The minimum atomic E-state index is -0.197. The zero-order chi connectivity index (χ0) is 11.5. The van der Waals surface area contributed by atoms with Crippen molar-refractivity contribution in [2.45, 2.75) is 32.2 Å². The molecule has 16 heavy (non-hydrogen) atoms. The fourth-order valence-electron chi connectivity index (χ4n) is 1.66. The minimum Gasteiger partial charge on any atom is -0.345 e. The van der Waals surface area contributed by atoms with Gasteiger partial charge in [-0.2, -0.15) is 0 Å². The van der Waals surface area contributed by atoms with E-state index in [9.17, 15) is 4.79 Å². The number of rotatable bonds is 3. The van der Waals surface area contributed by atoms with E-state index in [2.05, 4.69) is 25.8 Å². The molecule has 88 valence electrons. The molecule has 0 bridgehead atoms. The molecule has 0 saturated carbocycles. The Hall–Kier alpha value is -1.43. The first kappa shape index (κ1) is 11.1. The smallest absolute Gasteiger partial charge is 0.291 e. The highest BCUT2D eigenvalue weighted by Crippen LogP contribution is 2.07. The fourth-order valence-corrected chi connectivity index (χ4v) is 1.66. The topological polar surface area (TPSA) is 82.7 Å². The van der Waals surface area contributed by atoms with Crippen molar-refractivity contribution < 1.29 is 4.79 Å². The van der Waals surface area contributed by atoms with Crippen LogP contribution in [0.25, 0.3) is 0 Å². The molecular formula is C10H17N5O. The average molecular weight is 223 g/mol. The van der Waals surface area contributed by atoms with Gasteiger partial charge >= 0.3 is 0 Å². The predicted octanol–water partition coefficient (Wildman–Crippen LogP) is 0.0198. The van der Waals surface area contributed by atoms with Gasteiger partial charge in [-0.15, -0.1) is 5.10 Å². The Morgan fingerprint density at radius 3 is 2.94 bits per heavy atom. The van der Waals surface area contributed by atoms with E-state index in [1.807, 2.05) is 13.8 Å². The number of H-pyrrole nitrogens is 1. The van der Waals surface area contributed by atoms with Crippen molar-refractivity contribution in [1.82, 2.24) is 25.8 Å². The van der Waals surface area contributed by atoms with Crippen molar-refractivity contribution in [3.05, 3.63) is 11.6 Å². The zero-order valence-electron chi connectivity index (χ0n) is 9.58. The van der Waals surface area contributed by atoms with Crippen LogP contribution in [0, 0.1) is 0 Å². The molecule has 2 rings (SSSR count). The van der Waals surface area contributed by atoms with Crippen LogP contribution in [0.4, 0.5) is 0 Å². The average Bonchev–Trinajstić information content (AvgIpc) is 2.86. The summed E-state index contributed by atoms with van der Waals surface area (Å²) >= 11 is 0. The van der Waals surface area contributed by atoms with Gasteiger partial charge in [0, 0.05) is 18.5 Å². The lowest BCUT2D eigenvalue weighted by Crippen LogP contribution is -2.36. The highest BCUT2D eigenvalue weighted by molar-refractivity contribution is 5.90. The first-order valence-electron chi connectivity index (χ1n) is 5.60. The second-order valence-corrected chi connectivity index (χ2v) is 4.36. The molecule has 1 saturated heterocycles. The number of amides is 1. The third-order valence-electron chi connectivity index (χ3n) is 2.65. The number of nitrogens with zero attached hydrogens (tertiary/aromatic N) is 2. The highest BCUT2D eigenvalue weighted by Gasteiger charge is 2.20. The Balaban J connectivity index is 1.97. The van der Waals surface area contributed by atoms with Crippen LogP contribution in [0.5, 0.6) is 0 Å². The molecule has 6 nitrogen and oxygen atoms in total. The van der Waals surface area contributed by atoms with E-state index in [0.29, 0.717) is 0 Å². The molecule has 1 amide bonds. The summed E-state index contributed by atoms with van der Waals surface area (Å²) in [4.78, 5) is 15.9. The number of carbonyl (C=O) groups excluding carboxylic acids is 1. The summed E-state index contributed by atoms with van der Waals surface area (Å²) < 4.78 is 0. The molecule has 1 aliphatic rings. The zero-order valence-corrected chi connectivity index (χ0v) is 9.58. The Morgan fingerprint density at radius 2 is 2.38 bits per heavy atom. The van der Waals surface area contributed by atoms with E-state index in [1.54, 1.807) is 0 Å². The molecule has 1 fully saturated rings. The van der Waals surface area contributed by atoms with Crippen molar-refractivity contribution >= 4 is 5.91 Å². The Morgan fingerprint density at radius 1 is 1.56 bits per heavy atom. The van der Waals surface area contributed by atoms with E-state index < -0.39 is 0 Å². The van der Waals surface area contributed by atoms with E-state index in [-0.39, 0.29) is 23.7 Å². The number of hydrogen-bond donors (Lipinski definition) is 3. The Kier molecular flexibility index (Phi) is 3.19. The van der Waals surface area contributed by atoms with E-state index in [4.69, 9.17) is 0 Å². The number of aromatic nitrogens is 3. The van der Waals surface area contributed by atoms with Crippen LogP contribution in [-0.2, 0) is 0 Å². The number of carbonyl (C=O) groups is 1. The van der Waals surface area contributed by atoms with Crippen LogP contribution >= 0.6 is 0 Å². The van der Waals surface area contributed by atoms with Crippen LogP contribution in [0.3, 0.4) is 0 Å². The maximum Gasteiger partial charge on any atom is 0.291 e. The van der Waals surface area contributed by atoms with Crippen LogP contribution in [0.15, 0.2) is 0 Å². The monoisotopic (exact) mass is 223 g/mol. The molecule has 0 aromatic carbocycles. The molecule has 0 aliphatic carbocycles. The molecule has 1 atom stereocenters. The summed E-state index contributed by atoms with van der Waals surface area (Å²) in [7, 11) is 0. The van der Waals surface area contributed by atoms with Gasteiger partial charge in [0.1, 0.15) is 5.82 Å². The van der Waals surface area contributed by atoms with Crippen molar-refractivity contribution in [3.63, 3.8) is 0 Å². The van der Waals surface area contributed by atoms with Crippen LogP contribution in [0.1, 0.15) is 42.6 Å². The SMILES string of the molecule is CC(C)c1nc(C(=O)N[C@@H]2CCNC2)n[nH]1. The molecule has 6 heteroatoms. The standard InChI is InChI=1S/C10H17N5O/c1-6(2)8-13-9(15-14-8)10(16)12-7-3-4-11-5-7/h6-7,11H,3-5H2,1-2H3,(H,12,16)(H,13,14,15)/t7-/m1/s1. The third-order valence-corrected chi connectivity index (χ3v) is 2.65. The lowest BCUT2D eigenvalue weighted by Gasteiger charge is -2.08. The van der Waals surface area contributed by atoms with Gasteiger partial charge in [0.15, 0.2) is 0 Å². The second kappa shape index (κ2) is 4.61. The number of hydrogen-bond acceptors (Lipinski definition) is 4. The van der Waals surface area contributed by atoms with Crippen molar-refractivity contribution in [2.75, 3.05) is 13.1 Å². The van der Waals surface area contributed by atoms with Crippen molar-refractivity contribution in [2.24, 2.45) is 0 Å². The third kappa shape index (κ3) is 2.38. The van der Waals surface area contributed by atoms with Gasteiger partial charge in [0.05, 0.1) is 0 Å². The molecule has 1 aliphatic heterocycles. The van der Waals surface area contributed by atoms with Gasteiger partial charge in [-0.25, -0.2) is 4.98 Å². The lowest BCUT2D eigenvalue weighted by atomic mass is 10.2. The summed E-state index contributed by atoms with van der Waals surface area (Å²) in [5.74, 6) is 1.03. The van der Waals surface area contributed by atoms with Gasteiger partial charge in [-0.1, -0.05) is 13.8 Å². The summed E-state index contributed by atoms with van der Waals surface area (Å²) in [6.45, 7) is 5.79. The molecular weight excluding hydrogens is 206 g/mol. The molecule has 2 heterocycles. The van der Waals surface area contributed by atoms with E-state index >= 15 is 0 Å². The number of aromatic amines is 1. The highest BCUT2D eigenvalue weighted by atomic mass is 16.2. The normalized spacial score (nSPS) is 20.3. The van der Waals surface area contributed by atoms with Gasteiger partial charge in [0.2, 0.25) is 5.82 Å². The largest absolute Gasteiger partial charge is 0.345 e. The summed E-state index contributed by atoms with van der Waals surface area (Å²) in [6.07, 6.45) is 0.965. The summed E-state index contributed by atoms with van der Waals surface area (Å²) in [5.41, 5.74) is 0. The number of nitrogens with one attached hydrogen (secondary N) is 3. The lowest BCUT2D eigenvalue weighted by molar-refractivity contribution is 0.0930. The van der Waals surface area contributed by atoms with Crippen molar-refractivity contribution in [1.29, 1.82) is 0 Å². The van der Waals surface area contributed by atoms with Crippen LogP contribution in [0.2, 0.25) is 0 Å². The molecule has 1 aromatic rings. The fraction of sp³-hybridized carbons (Fsp3) is 0.700. The molecule has 0 unspecified atom stereocenters. The van der Waals surface area contributed by atoms with Gasteiger partial charge in [-0.3, -0.25) is 9.89 Å². The predicted molar refractivity (Wildman–Crippen MR) is 59.2 cm³/mol. The molecule has 0 radical (unpaired) electrons. The minimum absolute atomic E-state index is 0.197. The maximum absolute atomic E-state index is 11.8. The van der Waals surface area contributed by atoms with Crippen LogP contribution in [-0.4, -0.2) is 40.2 Å². The summed E-state index contributed by atoms with van der Waals surface area (Å²) in [5, 5.41) is 12.8. The van der Waals surface area contributed by atoms with E-state index in [1.165, 1.54) is 0 Å². The van der Waals surface area contributed by atoms with E-state index in [0.717, 1.165) is 25.3 Å². The van der Waals surface area contributed by atoms with Crippen molar-refractivity contribution in [3.8, 4) is 0 Å². The quantitative estimate of drug-likeness (QED) is 0.674. The summed E-state index contributed by atoms with van der Waals surface area (Å²) in [6, 6.07) is 0.202. The van der Waals surface area contributed by atoms with Gasteiger partial charge in [-0.05, 0) is 13.0 Å². The molecule has 1 aromatic heterocycles. The second-order valence-electron chi connectivity index (χ2n) is 4.36. The van der Waals surface area contributed by atoms with Gasteiger partial charge < -0.3 is 10.6 Å². The Labute approximate surface area is 94.2 Å². The molecule has 3 N–H and O–H groups in total. The van der Waals surface area contributed by atoms with Gasteiger partial charge in [0.25, 0.3) is 5.91 Å². The van der Waals surface area contributed by atoms with Crippen LogP contribution < -0.4 is 10.6 Å². The maximum atomic E-state index is 11.8. The Bertz CT molecular complexity index is 367.